The third-order valence-corrected chi connectivity index (χ3v) is 5.81. The summed E-state index contributed by atoms with van der Waals surface area (Å²) in [5.41, 5.74) is 2.15. The van der Waals surface area contributed by atoms with Crippen LogP contribution in [0.4, 0.5) is 0 Å². The summed E-state index contributed by atoms with van der Waals surface area (Å²) in [5.74, 6) is 1.16. The molecular formula is C20H21ClN2O3S. The maximum atomic E-state index is 12.5. The zero-order valence-electron chi connectivity index (χ0n) is 15.4. The van der Waals surface area contributed by atoms with E-state index in [0.717, 1.165) is 11.3 Å². The number of amidine groups is 1. The molecule has 0 bridgehead atoms. The highest BCUT2D eigenvalue weighted by molar-refractivity contribution is 8.00. The summed E-state index contributed by atoms with van der Waals surface area (Å²) in [4.78, 5) is 4.69. The van der Waals surface area contributed by atoms with Crippen LogP contribution in [0.5, 0.6) is 5.75 Å². The maximum absolute atomic E-state index is 12.5. The Labute approximate surface area is 164 Å². The minimum absolute atomic E-state index is 0.114. The van der Waals surface area contributed by atoms with Gasteiger partial charge in [-0.15, -0.1) is 0 Å². The SMILES string of the molecule is CC1=C(c2ccc(Cl)cc2)S(=O)(=O)NC1=NCc1ccc(OC(C)C)cc1. The molecule has 2 aromatic carbocycles. The molecule has 0 aliphatic carbocycles. The predicted octanol–water partition coefficient (Wildman–Crippen LogP) is 4.39. The number of sulfonamides is 1. The van der Waals surface area contributed by atoms with Crippen LogP contribution in [0.1, 0.15) is 31.9 Å². The van der Waals surface area contributed by atoms with E-state index in [-0.39, 0.29) is 11.0 Å². The minimum Gasteiger partial charge on any atom is -0.491 e. The fourth-order valence-corrected chi connectivity index (χ4v) is 4.45. The van der Waals surface area contributed by atoms with Crippen LogP contribution in [0.2, 0.25) is 5.02 Å². The van der Waals surface area contributed by atoms with Gasteiger partial charge in [0.2, 0.25) is 0 Å². The van der Waals surface area contributed by atoms with Crippen molar-refractivity contribution in [3.05, 3.63) is 70.3 Å². The first kappa shape index (κ1) is 19.5. The summed E-state index contributed by atoms with van der Waals surface area (Å²) >= 11 is 5.90. The van der Waals surface area contributed by atoms with E-state index in [1.54, 1.807) is 31.2 Å². The van der Waals surface area contributed by atoms with Gasteiger partial charge >= 0.3 is 0 Å². The fourth-order valence-electron chi connectivity index (χ4n) is 2.80. The standard InChI is InChI=1S/C20H21ClN2O3S/c1-13(2)26-18-10-4-15(5-11-18)12-22-20-14(3)19(27(24,25)23-20)16-6-8-17(21)9-7-16/h4-11,13H,12H2,1-3H3,(H,22,23). The van der Waals surface area contributed by atoms with Gasteiger partial charge in [-0.2, -0.15) is 0 Å². The molecule has 0 unspecified atom stereocenters. The number of nitrogens with zero attached hydrogens (tertiary/aromatic N) is 1. The molecule has 5 nitrogen and oxygen atoms in total. The van der Waals surface area contributed by atoms with Crippen molar-refractivity contribution in [3.63, 3.8) is 0 Å². The molecule has 0 amide bonds. The van der Waals surface area contributed by atoms with Crippen LogP contribution in [-0.2, 0) is 16.6 Å². The molecule has 0 spiro atoms. The Bertz CT molecular complexity index is 993. The van der Waals surface area contributed by atoms with Crippen molar-refractivity contribution < 1.29 is 13.2 Å². The molecule has 1 N–H and O–H groups in total. The molecule has 1 aliphatic heterocycles. The Morgan fingerprint density at radius 3 is 2.30 bits per heavy atom. The van der Waals surface area contributed by atoms with E-state index in [4.69, 9.17) is 16.3 Å². The second-order valence-corrected chi connectivity index (χ2v) is 8.60. The van der Waals surface area contributed by atoms with Crippen LogP contribution in [0.15, 0.2) is 59.1 Å². The van der Waals surface area contributed by atoms with Gasteiger partial charge in [0.25, 0.3) is 10.0 Å². The number of nitrogens with one attached hydrogen (secondary N) is 1. The first-order chi connectivity index (χ1) is 12.8. The topological polar surface area (TPSA) is 67.8 Å². The Morgan fingerprint density at radius 2 is 1.70 bits per heavy atom. The van der Waals surface area contributed by atoms with Crippen molar-refractivity contribution in [3.8, 4) is 5.75 Å². The van der Waals surface area contributed by atoms with Crippen LogP contribution in [0.25, 0.3) is 4.91 Å². The van der Waals surface area contributed by atoms with Gasteiger partial charge in [0.1, 0.15) is 16.5 Å². The molecule has 142 valence electrons. The van der Waals surface area contributed by atoms with Crippen molar-refractivity contribution in [2.24, 2.45) is 4.99 Å². The summed E-state index contributed by atoms with van der Waals surface area (Å²) in [6.07, 6.45) is 0.114. The number of hydrogen-bond donors (Lipinski definition) is 1. The molecule has 0 fully saturated rings. The predicted molar refractivity (Wildman–Crippen MR) is 109 cm³/mol. The smallest absolute Gasteiger partial charge is 0.264 e. The number of hydrogen-bond acceptors (Lipinski definition) is 4. The Kier molecular flexibility index (Phi) is 5.58. The van der Waals surface area contributed by atoms with Crippen molar-refractivity contribution in [1.29, 1.82) is 0 Å². The molecule has 27 heavy (non-hydrogen) atoms. The average molecular weight is 405 g/mol. The average Bonchev–Trinajstić information content (AvgIpc) is 2.83. The van der Waals surface area contributed by atoms with E-state index < -0.39 is 10.0 Å². The molecule has 0 saturated carbocycles. The Morgan fingerprint density at radius 1 is 1.07 bits per heavy atom. The monoisotopic (exact) mass is 404 g/mol. The van der Waals surface area contributed by atoms with E-state index in [9.17, 15) is 8.42 Å². The summed E-state index contributed by atoms with van der Waals surface area (Å²) in [7, 11) is -3.64. The van der Waals surface area contributed by atoms with Gasteiger partial charge in [-0.25, -0.2) is 8.42 Å². The third-order valence-electron chi connectivity index (χ3n) is 4.02. The van der Waals surface area contributed by atoms with E-state index in [1.165, 1.54) is 0 Å². The Hall–Kier alpha value is -2.31. The number of rotatable bonds is 5. The minimum atomic E-state index is -3.64. The molecule has 3 rings (SSSR count). The van der Waals surface area contributed by atoms with Gasteiger partial charge in [-0.1, -0.05) is 35.9 Å². The first-order valence-corrected chi connectivity index (χ1v) is 10.4. The van der Waals surface area contributed by atoms with Crippen LogP contribution < -0.4 is 9.46 Å². The van der Waals surface area contributed by atoms with Gasteiger partial charge in [-0.3, -0.25) is 9.71 Å². The van der Waals surface area contributed by atoms with E-state index in [1.807, 2.05) is 38.1 Å². The van der Waals surface area contributed by atoms with Crippen LogP contribution in [0, 0.1) is 0 Å². The first-order valence-electron chi connectivity index (χ1n) is 8.56. The lowest BCUT2D eigenvalue weighted by atomic mass is 10.1. The van der Waals surface area contributed by atoms with Crippen molar-refractivity contribution in [2.45, 2.75) is 33.4 Å². The highest BCUT2D eigenvalue weighted by Gasteiger charge is 2.32. The summed E-state index contributed by atoms with van der Waals surface area (Å²) < 4.78 is 33.2. The van der Waals surface area contributed by atoms with E-state index in [0.29, 0.717) is 28.5 Å². The molecule has 1 aliphatic rings. The lowest BCUT2D eigenvalue weighted by molar-refractivity contribution is 0.242. The van der Waals surface area contributed by atoms with Gasteiger partial charge in [0, 0.05) is 10.6 Å². The van der Waals surface area contributed by atoms with E-state index >= 15 is 0 Å². The molecule has 0 atom stereocenters. The van der Waals surface area contributed by atoms with Crippen molar-refractivity contribution in [1.82, 2.24) is 4.72 Å². The largest absolute Gasteiger partial charge is 0.491 e. The van der Waals surface area contributed by atoms with Gasteiger partial charge < -0.3 is 4.74 Å². The van der Waals surface area contributed by atoms with Crippen LogP contribution >= 0.6 is 11.6 Å². The number of halogens is 1. The van der Waals surface area contributed by atoms with Gasteiger partial charge in [0.15, 0.2) is 0 Å². The quantitative estimate of drug-likeness (QED) is 0.803. The second kappa shape index (κ2) is 7.74. The summed E-state index contributed by atoms with van der Waals surface area (Å²) in [6, 6.07) is 14.3. The summed E-state index contributed by atoms with van der Waals surface area (Å²) in [6.45, 7) is 6.06. The molecule has 2 aromatic rings. The molecule has 0 radical (unpaired) electrons. The van der Waals surface area contributed by atoms with E-state index in [2.05, 4.69) is 9.71 Å². The zero-order valence-corrected chi connectivity index (χ0v) is 16.9. The molecule has 0 saturated heterocycles. The van der Waals surface area contributed by atoms with Crippen molar-refractivity contribution in [2.75, 3.05) is 0 Å². The molecular weight excluding hydrogens is 384 g/mol. The van der Waals surface area contributed by atoms with Gasteiger partial charge in [0.05, 0.1) is 12.6 Å². The summed E-state index contributed by atoms with van der Waals surface area (Å²) in [5, 5.41) is 0.555. The molecule has 7 heteroatoms. The Balaban J connectivity index is 1.83. The fraction of sp³-hybridized carbons (Fsp3) is 0.250. The molecule has 1 heterocycles. The number of benzene rings is 2. The zero-order chi connectivity index (χ0) is 19.6. The maximum Gasteiger partial charge on any atom is 0.264 e. The normalized spacial score (nSPS) is 17.4. The number of aliphatic imine (C=N–C) groups is 1. The molecule has 0 aromatic heterocycles. The van der Waals surface area contributed by atoms with Crippen LogP contribution in [0.3, 0.4) is 0 Å². The van der Waals surface area contributed by atoms with Gasteiger partial charge in [-0.05, 0) is 56.2 Å². The second-order valence-electron chi connectivity index (χ2n) is 6.54. The lowest BCUT2D eigenvalue weighted by Gasteiger charge is -2.09. The number of ether oxygens (including phenoxy) is 1. The van der Waals surface area contributed by atoms with Crippen molar-refractivity contribution >= 4 is 32.4 Å². The highest BCUT2D eigenvalue weighted by atomic mass is 35.5. The highest BCUT2D eigenvalue weighted by Crippen LogP contribution is 2.30. The third kappa shape index (κ3) is 4.51. The van der Waals surface area contributed by atoms with Crippen LogP contribution in [-0.4, -0.2) is 20.4 Å². The lowest BCUT2D eigenvalue weighted by Crippen LogP contribution is -2.23.